The average molecular weight is 278 g/mol. The van der Waals surface area contributed by atoms with E-state index < -0.39 is 0 Å². The minimum Gasteiger partial charge on any atom is -0.317 e. The van der Waals surface area contributed by atoms with Crippen LogP contribution in [0.1, 0.15) is 49.7 Å². The molecule has 1 fully saturated rings. The average Bonchev–Trinajstić information content (AvgIpc) is 2.73. The molecule has 2 rings (SSSR count). The highest BCUT2D eigenvalue weighted by Gasteiger charge is 2.23. The highest BCUT2D eigenvalue weighted by Crippen LogP contribution is 2.27. The standard InChI is InChI=1S/C16H30N4/c1-6-20-14(4)16(12(2)18-20)13(3)19(5)11-15-7-9-17-10-8-15/h13,15,17H,6-11H2,1-5H3. The molecule has 0 aliphatic carbocycles. The largest absolute Gasteiger partial charge is 0.317 e. The van der Waals surface area contributed by atoms with E-state index in [4.69, 9.17) is 0 Å². The molecule has 0 aromatic carbocycles. The van der Waals surface area contributed by atoms with Crippen LogP contribution in [0.5, 0.6) is 0 Å². The van der Waals surface area contributed by atoms with E-state index in [-0.39, 0.29) is 0 Å². The molecule has 0 spiro atoms. The zero-order valence-corrected chi connectivity index (χ0v) is 13.7. The summed E-state index contributed by atoms with van der Waals surface area (Å²) in [5.74, 6) is 0.838. The van der Waals surface area contributed by atoms with E-state index in [1.54, 1.807) is 0 Å². The Bertz CT molecular complexity index is 432. The van der Waals surface area contributed by atoms with Crippen LogP contribution >= 0.6 is 0 Å². The molecule has 1 atom stereocenters. The molecular weight excluding hydrogens is 248 g/mol. The van der Waals surface area contributed by atoms with E-state index in [1.165, 1.54) is 49.4 Å². The number of aromatic nitrogens is 2. The van der Waals surface area contributed by atoms with Crippen molar-refractivity contribution < 1.29 is 0 Å². The molecule has 4 heteroatoms. The molecule has 0 saturated carbocycles. The van der Waals surface area contributed by atoms with Crippen molar-refractivity contribution in [2.45, 2.75) is 53.1 Å². The Kier molecular flexibility index (Phi) is 5.22. The van der Waals surface area contributed by atoms with E-state index in [2.05, 4.69) is 54.7 Å². The van der Waals surface area contributed by atoms with Crippen molar-refractivity contribution in [2.75, 3.05) is 26.7 Å². The summed E-state index contributed by atoms with van der Waals surface area (Å²) in [5.41, 5.74) is 3.94. The number of hydrogen-bond acceptors (Lipinski definition) is 3. The molecule has 1 aromatic rings. The van der Waals surface area contributed by atoms with Crippen LogP contribution < -0.4 is 5.32 Å². The predicted molar refractivity (Wildman–Crippen MR) is 84.0 cm³/mol. The van der Waals surface area contributed by atoms with Crippen LogP contribution in [-0.4, -0.2) is 41.4 Å². The van der Waals surface area contributed by atoms with Crippen LogP contribution in [0.4, 0.5) is 0 Å². The molecule has 114 valence electrons. The van der Waals surface area contributed by atoms with Crippen molar-refractivity contribution in [3.8, 4) is 0 Å². The maximum atomic E-state index is 4.66. The van der Waals surface area contributed by atoms with Crippen molar-refractivity contribution in [1.82, 2.24) is 20.0 Å². The van der Waals surface area contributed by atoms with Crippen molar-refractivity contribution in [2.24, 2.45) is 5.92 Å². The van der Waals surface area contributed by atoms with Crippen LogP contribution in [0.2, 0.25) is 0 Å². The summed E-state index contributed by atoms with van der Waals surface area (Å²) in [6.07, 6.45) is 2.62. The normalized spacial score (nSPS) is 18.7. The summed E-state index contributed by atoms with van der Waals surface area (Å²) >= 11 is 0. The molecule has 0 radical (unpaired) electrons. The molecule has 1 aliphatic heterocycles. The number of aryl methyl sites for hydroxylation is 2. The third-order valence-electron chi connectivity index (χ3n) is 4.82. The first-order valence-corrected chi connectivity index (χ1v) is 7.99. The molecule has 0 amide bonds. The van der Waals surface area contributed by atoms with Crippen molar-refractivity contribution in [3.63, 3.8) is 0 Å². The van der Waals surface area contributed by atoms with E-state index in [0.29, 0.717) is 6.04 Å². The van der Waals surface area contributed by atoms with Gasteiger partial charge in [-0.15, -0.1) is 0 Å². The SMILES string of the molecule is CCn1nc(C)c(C(C)N(C)CC2CCNCC2)c1C. The molecule has 1 N–H and O–H groups in total. The van der Waals surface area contributed by atoms with E-state index in [0.717, 1.165) is 12.5 Å². The topological polar surface area (TPSA) is 33.1 Å². The second-order valence-electron chi connectivity index (χ2n) is 6.21. The summed E-state index contributed by atoms with van der Waals surface area (Å²) < 4.78 is 2.12. The summed E-state index contributed by atoms with van der Waals surface area (Å²) in [7, 11) is 2.26. The van der Waals surface area contributed by atoms with Gasteiger partial charge in [-0.2, -0.15) is 5.10 Å². The maximum Gasteiger partial charge on any atom is 0.0644 e. The fourth-order valence-electron chi connectivity index (χ4n) is 3.47. The van der Waals surface area contributed by atoms with Gasteiger partial charge in [0.2, 0.25) is 0 Å². The van der Waals surface area contributed by atoms with Gasteiger partial charge >= 0.3 is 0 Å². The fourth-order valence-corrected chi connectivity index (χ4v) is 3.47. The first-order chi connectivity index (χ1) is 9.54. The van der Waals surface area contributed by atoms with Gasteiger partial charge in [0, 0.05) is 30.4 Å². The van der Waals surface area contributed by atoms with Crippen molar-refractivity contribution in [1.29, 1.82) is 0 Å². The van der Waals surface area contributed by atoms with E-state index in [1.807, 2.05) is 0 Å². The van der Waals surface area contributed by atoms with E-state index >= 15 is 0 Å². The molecule has 4 nitrogen and oxygen atoms in total. The van der Waals surface area contributed by atoms with Crippen LogP contribution in [0.25, 0.3) is 0 Å². The van der Waals surface area contributed by atoms with Crippen molar-refractivity contribution in [3.05, 3.63) is 17.0 Å². The van der Waals surface area contributed by atoms with Crippen LogP contribution in [-0.2, 0) is 6.54 Å². The second-order valence-corrected chi connectivity index (χ2v) is 6.21. The first kappa shape index (κ1) is 15.5. The summed E-state index contributed by atoms with van der Waals surface area (Å²) in [4.78, 5) is 2.51. The lowest BCUT2D eigenvalue weighted by Crippen LogP contribution is -2.35. The van der Waals surface area contributed by atoms with Gasteiger partial charge in [-0.05, 0) is 66.6 Å². The monoisotopic (exact) mass is 278 g/mol. The molecule has 1 aliphatic rings. The summed E-state index contributed by atoms with van der Waals surface area (Å²) in [6.45, 7) is 13.3. The second kappa shape index (κ2) is 6.72. The van der Waals surface area contributed by atoms with Gasteiger partial charge in [-0.3, -0.25) is 9.58 Å². The fraction of sp³-hybridized carbons (Fsp3) is 0.812. The van der Waals surface area contributed by atoms with E-state index in [9.17, 15) is 0 Å². The molecule has 2 heterocycles. The van der Waals surface area contributed by atoms with Gasteiger partial charge in [0.1, 0.15) is 0 Å². The van der Waals surface area contributed by atoms with Gasteiger partial charge in [0.05, 0.1) is 5.69 Å². The third-order valence-corrected chi connectivity index (χ3v) is 4.82. The molecule has 1 unspecified atom stereocenters. The van der Waals surface area contributed by atoms with Crippen LogP contribution in [0.3, 0.4) is 0 Å². The van der Waals surface area contributed by atoms with Gasteiger partial charge in [-0.25, -0.2) is 0 Å². The Balaban J connectivity index is 2.05. The number of piperidine rings is 1. The lowest BCUT2D eigenvalue weighted by Gasteiger charge is -2.31. The van der Waals surface area contributed by atoms with Crippen LogP contribution in [0.15, 0.2) is 0 Å². The number of nitrogens with zero attached hydrogens (tertiary/aromatic N) is 3. The summed E-state index contributed by atoms with van der Waals surface area (Å²) in [6, 6.07) is 0.449. The number of rotatable bonds is 5. The first-order valence-electron chi connectivity index (χ1n) is 7.99. The van der Waals surface area contributed by atoms with Gasteiger partial charge in [0.15, 0.2) is 0 Å². The quantitative estimate of drug-likeness (QED) is 0.898. The Hall–Kier alpha value is -0.870. The number of nitrogens with one attached hydrogen (secondary N) is 1. The van der Waals surface area contributed by atoms with Crippen LogP contribution in [0, 0.1) is 19.8 Å². The predicted octanol–water partition coefficient (Wildman–Crippen LogP) is 2.51. The zero-order valence-electron chi connectivity index (χ0n) is 13.7. The molecule has 20 heavy (non-hydrogen) atoms. The lowest BCUT2D eigenvalue weighted by atomic mass is 9.96. The van der Waals surface area contributed by atoms with Gasteiger partial charge in [0.25, 0.3) is 0 Å². The molecular formula is C16H30N4. The summed E-state index contributed by atoms with van der Waals surface area (Å²) in [5, 5.41) is 8.11. The minimum absolute atomic E-state index is 0.449. The maximum absolute atomic E-state index is 4.66. The molecule has 1 saturated heterocycles. The Labute approximate surface area is 123 Å². The van der Waals surface area contributed by atoms with Crippen molar-refractivity contribution >= 4 is 0 Å². The highest BCUT2D eigenvalue weighted by atomic mass is 15.3. The zero-order chi connectivity index (χ0) is 14.7. The highest BCUT2D eigenvalue weighted by molar-refractivity contribution is 5.27. The molecule has 0 bridgehead atoms. The lowest BCUT2D eigenvalue weighted by molar-refractivity contribution is 0.196. The Morgan fingerprint density at radius 2 is 2.00 bits per heavy atom. The number of hydrogen-bond donors (Lipinski definition) is 1. The Morgan fingerprint density at radius 3 is 2.55 bits per heavy atom. The van der Waals surface area contributed by atoms with Gasteiger partial charge < -0.3 is 5.32 Å². The molecule has 1 aromatic heterocycles. The third kappa shape index (κ3) is 3.23. The van der Waals surface area contributed by atoms with Gasteiger partial charge in [-0.1, -0.05) is 0 Å². The minimum atomic E-state index is 0.449. The smallest absolute Gasteiger partial charge is 0.0644 e. The Morgan fingerprint density at radius 1 is 1.35 bits per heavy atom.